The Balaban J connectivity index is 1.79. The van der Waals surface area contributed by atoms with Crippen molar-refractivity contribution >= 4 is 41.0 Å². The summed E-state index contributed by atoms with van der Waals surface area (Å²) in [6.07, 6.45) is 2.60. The van der Waals surface area contributed by atoms with E-state index in [4.69, 9.17) is 23.2 Å². The molecule has 1 fully saturated rings. The van der Waals surface area contributed by atoms with Crippen LogP contribution in [0.15, 0.2) is 24.5 Å². The monoisotopic (exact) mass is 353 g/mol. The second-order valence-electron chi connectivity index (χ2n) is 5.10. The fraction of sp³-hybridized carbons (Fsp3) is 0.286. The van der Waals surface area contributed by atoms with Crippen molar-refractivity contribution in [3.8, 4) is 0 Å². The number of carbonyl (C=O) groups is 2. The van der Waals surface area contributed by atoms with Crippen molar-refractivity contribution in [1.82, 2.24) is 20.1 Å². The lowest BCUT2D eigenvalue weighted by Crippen LogP contribution is -2.43. The summed E-state index contributed by atoms with van der Waals surface area (Å²) in [6.45, 7) is 0.482. The molecular weight excluding hydrogens is 341 g/mol. The molecule has 0 spiro atoms. The number of nitrogens with one attached hydrogen (secondary N) is 2. The summed E-state index contributed by atoms with van der Waals surface area (Å²) in [5.74, 6) is -0.381. The molecule has 1 aromatic carbocycles. The molecule has 1 aliphatic rings. The molecule has 2 aromatic rings. The maximum atomic E-state index is 12.7. The fourth-order valence-electron chi connectivity index (χ4n) is 2.56. The van der Waals surface area contributed by atoms with E-state index < -0.39 is 6.04 Å². The molecule has 1 unspecified atom stereocenters. The number of aromatic amines is 1. The second kappa shape index (κ2) is 6.55. The third kappa shape index (κ3) is 3.30. The van der Waals surface area contributed by atoms with Crippen molar-refractivity contribution < 1.29 is 9.59 Å². The Bertz CT molecular complexity index is 735. The molecule has 0 radical (unpaired) electrons. The molecule has 1 atom stereocenters. The molecule has 2 N–H and O–H groups in total. The van der Waals surface area contributed by atoms with E-state index >= 15 is 0 Å². The second-order valence-corrected chi connectivity index (χ2v) is 5.95. The predicted molar refractivity (Wildman–Crippen MR) is 85.5 cm³/mol. The van der Waals surface area contributed by atoms with Crippen LogP contribution in [0.4, 0.5) is 5.95 Å². The summed E-state index contributed by atoms with van der Waals surface area (Å²) in [7, 11) is 0. The molecule has 3 rings (SSSR count). The van der Waals surface area contributed by atoms with Gasteiger partial charge in [-0.3, -0.25) is 14.9 Å². The number of rotatable bonds is 3. The van der Waals surface area contributed by atoms with E-state index in [2.05, 4.69) is 20.5 Å². The Morgan fingerprint density at radius 2 is 2.17 bits per heavy atom. The fourth-order valence-corrected chi connectivity index (χ4v) is 2.93. The minimum Gasteiger partial charge on any atom is -0.327 e. The van der Waals surface area contributed by atoms with Gasteiger partial charge in [0, 0.05) is 11.6 Å². The highest BCUT2D eigenvalue weighted by atomic mass is 35.5. The van der Waals surface area contributed by atoms with Crippen molar-refractivity contribution in [2.24, 2.45) is 0 Å². The zero-order chi connectivity index (χ0) is 16.4. The molecule has 1 saturated heterocycles. The summed E-state index contributed by atoms with van der Waals surface area (Å²) >= 11 is 12.0. The van der Waals surface area contributed by atoms with Gasteiger partial charge in [-0.05, 0) is 31.0 Å². The first-order valence-electron chi connectivity index (χ1n) is 6.98. The van der Waals surface area contributed by atoms with Crippen LogP contribution in [0, 0.1) is 0 Å². The standard InChI is InChI=1S/C14H13Cl2N5O2/c15-8-3-4-10(16)9(6-8)13(23)21-5-1-2-11(21)12(22)19-14-17-7-18-20-14/h3-4,6-7,11H,1-2,5H2,(H2,17,18,19,20,22). The lowest BCUT2D eigenvalue weighted by atomic mass is 10.1. The Labute approximate surface area is 142 Å². The number of halogens is 2. The quantitative estimate of drug-likeness (QED) is 0.885. The van der Waals surface area contributed by atoms with Gasteiger partial charge < -0.3 is 4.90 Å². The highest BCUT2D eigenvalue weighted by Gasteiger charge is 2.35. The SMILES string of the molecule is O=C(Nc1ncn[nH]1)C1CCCN1C(=O)c1cc(Cl)ccc1Cl. The third-order valence-electron chi connectivity index (χ3n) is 3.63. The van der Waals surface area contributed by atoms with E-state index in [0.29, 0.717) is 28.6 Å². The van der Waals surface area contributed by atoms with E-state index in [0.717, 1.165) is 6.42 Å². The molecule has 0 bridgehead atoms. The first-order valence-corrected chi connectivity index (χ1v) is 7.74. The number of benzene rings is 1. The topological polar surface area (TPSA) is 91.0 Å². The van der Waals surface area contributed by atoms with Crippen LogP contribution in [0.1, 0.15) is 23.2 Å². The van der Waals surface area contributed by atoms with Crippen molar-refractivity contribution in [3.05, 3.63) is 40.1 Å². The minimum atomic E-state index is -0.581. The summed E-state index contributed by atoms with van der Waals surface area (Å²) in [5.41, 5.74) is 0.290. The van der Waals surface area contributed by atoms with Gasteiger partial charge in [0.15, 0.2) is 0 Å². The molecule has 1 aliphatic heterocycles. The van der Waals surface area contributed by atoms with Gasteiger partial charge in [0.1, 0.15) is 12.4 Å². The first kappa shape index (κ1) is 15.8. The summed E-state index contributed by atoms with van der Waals surface area (Å²) in [6, 6.07) is 4.11. The summed E-state index contributed by atoms with van der Waals surface area (Å²) in [4.78, 5) is 30.4. The van der Waals surface area contributed by atoms with Gasteiger partial charge in [-0.25, -0.2) is 5.10 Å². The number of hydrogen-bond acceptors (Lipinski definition) is 4. The summed E-state index contributed by atoms with van der Waals surface area (Å²) in [5, 5.41) is 9.54. The number of anilines is 1. The molecule has 2 amide bonds. The van der Waals surface area contributed by atoms with Crippen LogP contribution < -0.4 is 5.32 Å². The van der Waals surface area contributed by atoms with Crippen LogP contribution in [0.5, 0.6) is 0 Å². The number of hydrogen-bond donors (Lipinski definition) is 2. The first-order chi connectivity index (χ1) is 11.1. The molecule has 1 aromatic heterocycles. The molecule has 23 heavy (non-hydrogen) atoms. The number of H-pyrrole nitrogens is 1. The van der Waals surface area contributed by atoms with Gasteiger partial charge in [0.05, 0.1) is 10.6 Å². The lowest BCUT2D eigenvalue weighted by Gasteiger charge is -2.24. The number of likely N-dealkylation sites (tertiary alicyclic amines) is 1. The third-order valence-corrected chi connectivity index (χ3v) is 4.20. The van der Waals surface area contributed by atoms with Crippen molar-refractivity contribution in [2.45, 2.75) is 18.9 Å². The van der Waals surface area contributed by atoms with E-state index in [-0.39, 0.29) is 17.8 Å². The van der Waals surface area contributed by atoms with Crippen LogP contribution in [-0.2, 0) is 4.79 Å². The molecule has 0 aliphatic carbocycles. The molecule has 120 valence electrons. The van der Waals surface area contributed by atoms with Crippen LogP contribution in [0.3, 0.4) is 0 Å². The van der Waals surface area contributed by atoms with E-state index in [1.54, 1.807) is 12.1 Å². The summed E-state index contributed by atoms with van der Waals surface area (Å²) < 4.78 is 0. The van der Waals surface area contributed by atoms with Gasteiger partial charge in [-0.15, -0.1) is 0 Å². The molecule has 7 nitrogen and oxygen atoms in total. The number of nitrogens with zero attached hydrogens (tertiary/aromatic N) is 3. The Morgan fingerprint density at radius 3 is 2.91 bits per heavy atom. The van der Waals surface area contributed by atoms with Gasteiger partial charge in [-0.2, -0.15) is 10.1 Å². The average molecular weight is 354 g/mol. The predicted octanol–water partition coefficient (Wildman–Crippen LogP) is 2.35. The van der Waals surface area contributed by atoms with Crippen LogP contribution >= 0.6 is 23.2 Å². The van der Waals surface area contributed by atoms with E-state index in [1.165, 1.54) is 17.3 Å². The largest absolute Gasteiger partial charge is 0.327 e. The van der Waals surface area contributed by atoms with Crippen LogP contribution in [0.25, 0.3) is 0 Å². The van der Waals surface area contributed by atoms with Gasteiger partial charge >= 0.3 is 0 Å². The van der Waals surface area contributed by atoms with Gasteiger partial charge in [0.25, 0.3) is 5.91 Å². The lowest BCUT2D eigenvalue weighted by molar-refractivity contribution is -0.119. The average Bonchev–Trinajstić information content (AvgIpc) is 3.20. The zero-order valence-electron chi connectivity index (χ0n) is 11.9. The highest BCUT2D eigenvalue weighted by molar-refractivity contribution is 6.35. The number of carbonyl (C=O) groups excluding carboxylic acids is 2. The van der Waals surface area contributed by atoms with Gasteiger partial charge in [-0.1, -0.05) is 23.2 Å². The van der Waals surface area contributed by atoms with Crippen molar-refractivity contribution in [2.75, 3.05) is 11.9 Å². The number of amides is 2. The molecular formula is C14H13Cl2N5O2. The van der Waals surface area contributed by atoms with Crippen LogP contribution in [-0.4, -0.2) is 44.5 Å². The molecule has 2 heterocycles. The van der Waals surface area contributed by atoms with Crippen molar-refractivity contribution in [3.63, 3.8) is 0 Å². The molecule has 9 heteroatoms. The number of aromatic nitrogens is 3. The van der Waals surface area contributed by atoms with E-state index in [9.17, 15) is 9.59 Å². The Morgan fingerprint density at radius 1 is 1.35 bits per heavy atom. The van der Waals surface area contributed by atoms with Crippen LogP contribution in [0.2, 0.25) is 10.0 Å². The smallest absolute Gasteiger partial charge is 0.256 e. The Hall–Kier alpha value is -2.12. The maximum Gasteiger partial charge on any atom is 0.256 e. The molecule has 0 saturated carbocycles. The maximum absolute atomic E-state index is 12.7. The normalized spacial score (nSPS) is 17.3. The highest BCUT2D eigenvalue weighted by Crippen LogP contribution is 2.26. The zero-order valence-corrected chi connectivity index (χ0v) is 13.4. The van der Waals surface area contributed by atoms with Crippen molar-refractivity contribution in [1.29, 1.82) is 0 Å². The van der Waals surface area contributed by atoms with E-state index in [1.807, 2.05) is 0 Å². The Kier molecular flexibility index (Phi) is 4.49. The minimum absolute atomic E-state index is 0.245. The van der Waals surface area contributed by atoms with Gasteiger partial charge in [0.2, 0.25) is 11.9 Å².